The first-order valence-electron chi connectivity index (χ1n) is 6.13. The molecule has 1 heterocycles. The maximum atomic E-state index is 12.5. The molecular formula is C14H17N3O2S. The lowest BCUT2D eigenvalue weighted by atomic mass is 10.1. The summed E-state index contributed by atoms with van der Waals surface area (Å²) in [5, 5.41) is 0. The van der Waals surface area contributed by atoms with Crippen LogP contribution in [0.25, 0.3) is 0 Å². The van der Waals surface area contributed by atoms with Gasteiger partial charge in [-0.25, -0.2) is 13.4 Å². The predicted octanol–water partition coefficient (Wildman–Crippen LogP) is 2.39. The van der Waals surface area contributed by atoms with E-state index in [9.17, 15) is 8.42 Å². The minimum absolute atomic E-state index is 0.113. The average Bonchev–Trinajstić information content (AvgIpc) is 2.37. The number of nitrogens with zero attached hydrogens (tertiary/aromatic N) is 1. The second-order valence-corrected chi connectivity index (χ2v) is 6.32. The molecule has 0 radical (unpaired) electrons. The van der Waals surface area contributed by atoms with Gasteiger partial charge < -0.3 is 5.73 Å². The smallest absolute Gasteiger partial charge is 0.265 e. The van der Waals surface area contributed by atoms with E-state index in [0.717, 1.165) is 11.1 Å². The van der Waals surface area contributed by atoms with Crippen molar-refractivity contribution in [2.24, 2.45) is 0 Å². The molecule has 20 heavy (non-hydrogen) atoms. The highest BCUT2D eigenvalue weighted by Gasteiger charge is 2.22. The molecule has 1 aromatic carbocycles. The zero-order valence-corrected chi connectivity index (χ0v) is 12.5. The second-order valence-electron chi connectivity index (χ2n) is 4.70. The van der Waals surface area contributed by atoms with E-state index < -0.39 is 10.0 Å². The monoisotopic (exact) mass is 291 g/mol. The normalized spacial score (nSPS) is 11.3. The lowest BCUT2D eigenvalue weighted by Gasteiger charge is -2.14. The summed E-state index contributed by atoms with van der Waals surface area (Å²) < 4.78 is 27.5. The van der Waals surface area contributed by atoms with E-state index in [-0.39, 0.29) is 10.6 Å². The van der Waals surface area contributed by atoms with Gasteiger partial charge in [-0.1, -0.05) is 12.1 Å². The van der Waals surface area contributed by atoms with Crippen LogP contribution >= 0.6 is 0 Å². The minimum Gasteiger partial charge on any atom is -0.398 e. The van der Waals surface area contributed by atoms with Crippen LogP contribution in [-0.4, -0.2) is 13.4 Å². The van der Waals surface area contributed by atoms with Crippen molar-refractivity contribution in [3.8, 4) is 0 Å². The third kappa shape index (κ3) is 2.60. The Bertz CT molecular complexity index is 755. The molecule has 0 saturated heterocycles. The summed E-state index contributed by atoms with van der Waals surface area (Å²) >= 11 is 0. The number of nitrogens with two attached hydrogens (primary N) is 1. The molecular weight excluding hydrogens is 274 g/mol. The van der Waals surface area contributed by atoms with Crippen molar-refractivity contribution in [3.05, 3.63) is 47.2 Å². The van der Waals surface area contributed by atoms with Crippen molar-refractivity contribution >= 4 is 21.5 Å². The van der Waals surface area contributed by atoms with Crippen molar-refractivity contribution in [1.82, 2.24) is 4.98 Å². The Kier molecular flexibility index (Phi) is 3.67. The molecule has 0 bridgehead atoms. The van der Waals surface area contributed by atoms with Gasteiger partial charge in [-0.05, 0) is 49.6 Å². The van der Waals surface area contributed by atoms with Gasteiger partial charge in [-0.15, -0.1) is 0 Å². The molecule has 5 nitrogen and oxygen atoms in total. The van der Waals surface area contributed by atoms with Crippen LogP contribution < -0.4 is 10.5 Å². The van der Waals surface area contributed by atoms with Gasteiger partial charge in [0.2, 0.25) is 0 Å². The van der Waals surface area contributed by atoms with Gasteiger partial charge in [0.05, 0.1) is 5.69 Å². The van der Waals surface area contributed by atoms with Crippen molar-refractivity contribution in [3.63, 3.8) is 0 Å². The first-order chi connectivity index (χ1) is 9.33. The molecule has 1 aromatic heterocycles. The maximum Gasteiger partial charge on any atom is 0.265 e. The van der Waals surface area contributed by atoms with E-state index in [2.05, 4.69) is 9.71 Å². The van der Waals surface area contributed by atoms with Gasteiger partial charge in [-0.3, -0.25) is 4.72 Å². The van der Waals surface area contributed by atoms with Gasteiger partial charge in [0.25, 0.3) is 10.0 Å². The van der Waals surface area contributed by atoms with Crippen molar-refractivity contribution < 1.29 is 8.42 Å². The number of rotatable bonds is 3. The molecule has 0 aliphatic carbocycles. The van der Waals surface area contributed by atoms with Crippen molar-refractivity contribution in [1.29, 1.82) is 0 Å². The molecule has 0 unspecified atom stereocenters. The lowest BCUT2D eigenvalue weighted by molar-refractivity contribution is 0.600. The van der Waals surface area contributed by atoms with E-state index in [1.165, 1.54) is 6.20 Å². The highest BCUT2D eigenvalue weighted by atomic mass is 32.2. The summed E-state index contributed by atoms with van der Waals surface area (Å²) in [5.74, 6) is 0.313. The fourth-order valence-corrected chi connectivity index (χ4v) is 3.45. The number of nitrogens with one attached hydrogen (secondary N) is 1. The van der Waals surface area contributed by atoms with Crippen LogP contribution in [0, 0.1) is 20.8 Å². The lowest BCUT2D eigenvalue weighted by Crippen LogP contribution is -2.18. The number of aromatic nitrogens is 1. The zero-order valence-electron chi connectivity index (χ0n) is 11.6. The number of aryl methyl sites for hydroxylation is 2. The summed E-state index contributed by atoms with van der Waals surface area (Å²) in [6.45, 7) is 5.38. The van der Waals surface area contributed by atoms with Gasteiger partial charge in [0.15, 0.2) is 0 Å². The van der Waals surface area contributed by atoms with Gasteiger partial charge in [0, 0.05) is 6.20 Å². The van der Waals surface area contributed by atoms with Gasteiger partial charge in [-0.2, -0.15) is 0 Å². The summed E-state index contributed by atoms with van der Waals surface area (Å²) in [6.07, 6.45) is 1.54. The fourth-order valence-electron chi connectivity index (χ4n) is 1.94. The van der Waals surface area contributed by atoms with Crippen LogP contribution in [0.3, 0.4) is 0 Å². The quantitative estimate of drug-likeness (QED) is 0.850. The Hall–Kier alpha value is -2.08. The topological polar surface area (TPSA) is 85.1 Å². The number of anilines is 2. The Morgan fingerprint density at radius 3 is 2.45 bits per heavy atom. The molecule has 0 atom stereocenters. The van der Waals surface area contributed by atoms with Crippen molar-refractivity contribution in [2.75, 3.05) is 10.5 Å². The molecule has 3 N–H and O–H groups in total. The Morgan fingerprint density at radius 2 is 1.80 bits per heavy atom. The van der Waals surface area contributed by atoms with Crippen LogP contribution in [0.15, 0.2) is 35.4 Å². The highest BCUT2D eigenvalue weighted by molar-refractivity contribution is 7.93. The molecule has 0 spiro atoms. The van der Waals surface area contributed by atoms with E-state index in [1.54, 1.807) is 38.1 Å². The summed E-state index contributed by atoms with van der Waals surface area (Å²) in [5.41, 5.74) is 8.33. The van der Waals surface area contributed by atoms with E-state index in [1.807, 2.05) is 6.92 Å². The van der Waals surface area contributed by atoms with Crippen LogP contribution in [0.2, 0.25) is 0 Å². The first kappa shape index (κ1) is 14.3. The molecule has 0 aliphatic rings. The maximum absolute atomic E-state index is 12.5. The molecule has 0 aliphatic heterocycles. The summed E-state index contributed by atoms with van der Waals surface area (Å²) in [4.78, 5) is 4.15. The molecule has 0 fully saturated rings. The van der Waals surface area contributed by atoms with Gasteiger partial charge in [0.1, 0.15) is 10.7 Å². The number of nitrogen functional groups attached to an aromatic ring is 1. The van der Waals surface area contributed by atoms with Crippen LogP contribution in [0.5, 0.6) is 0 Å². The van der Waals surface area contributed by atoms with Crippen LogP contribution in [0.4, 0.5) is 11.5 Å². The number of pyridine rings is 1. The van der Waals surface area contributed by atoms with E-state index >= 15 is 0 Å². The fraction of sp³-hybridized carbons (Fsp3) is 0.214. The number of hydrogen-bond acceptors (Lipinski definition) is 4. The summed E-state index contributed by atoms with van der Waals surface area (Å²) in [7, 11) is -3.76. The molecule has 0 saturated carbocycles. The van der Waals surface area contributed by atoms with Gasteiger partial charge >= 0.3 is 0 Å². The highest BCUT2D eigenvalue weighted by Crippen LogP contribution is 2.27. The number of sulfonamides is 1. The average molecular weight is 291 g/mol. The third-order valence-electron chi connectivity index (χ3n) is 3.22. The predicted molar refractivity (Wildman–Crippen MR) is 80.1 cm³/mol. The van der Waals surface area contributed by atoms with Crippen LogP contribution in [-0.2, 0) is 10.0 Å². The molecule has 2 aromatic rings. The Labute approximate surface area is 118 Å². The van der Waals surface area contributed by atoms with Crippen molar-refractivity contribution in [2.45, 2.75) is 25.7 Å². The standard InChI is InChI=1S/C14H17N3O2S/c1-9-6-7-12(15)13(11(9)3)20(18,19)17-14-10(2)5-4-8-16-14/h4-8H,15H2,1-3H3,(H,16,17). The number of benzene rings is 1. The Balaban J connectivity index is 2.52. The molecule has 106 valence electrons. The Morgan fingerprint density at radius 1 is 1.10 bits per heavy atom. The first-order valence-corrected chi connectivity index (χ1v) is 7.61. The molecule has 6 heteroatoms. The van der Waals surface area contributed by atoms with E-state index in [4.69, 9.17) is 5.73 Å². The summed E-state index contributed by atoms with van der Waals surface area (Å²) in [6, 6.07) is 6.94. The SMILES string of the molecule is Cc1cccnc1NS(=O)(=O)c1c(N)ccc(C)c1C. The number of hydrogen-bond donors (Lipinski definition) is 2. The minimum atomic E-state index is -3.76. The zero-order chi connectivity index (χ0) is 14.9. The second kappa shape index (κ2) is 5.13. The van der Waals surface area contributed by atoms with E-state index in [0.29, 0.717) is 11.4 Å². The van der Waals surface area contributed by atoms with Crippen LogP contribution in [0.1, 0.15) is 16.7 Å². The third-order valence-corrected chi connectivity index (χ3v) is 4.76. The molecule has 2 rings (SSSR count). The molecule has 0 amide bonds. The largest absolute Gasteiger partial charge is 0.398 e.